The first-order valence-corrected chi connectivity index (χ1v) is 8.75. The van der Waals surface area contributed by atoms with Gasteiger partial charge >= 0.3 is 5.97 Å². The lowest BCUT2D eigenvalue weighted by atomic mass is 10.1. The minimum absolute atomic E-state index is 0.398. The van der Waals surface area contributed by atoms with Crippen LogP contribution < -0.4 is 4.31 Å². The predicted octanol–water partition coefficient (Wildman–Crippen LogP) is 3.17. The molecule has 0 bridgehead atoms. The second kappa shape index (κ2) is 6.75. The molecule has 0 aliphatic heterocycles. The van der Waals surface area contributed by atoms with Gasteiger partial charge in [-0.2, -0.15) is 0 Å². The van der Waals surface area contributed by atoms with Gasteiger partial charge in [0.05, 0.1) is 5.69 Å². The van der Waals surface area contributed by atoms with Crippen molar-refractivity contribution in [3.05, 3.63) is 65.2 Å². The van der Waals surface area contributed by atoms with Crippen LogP contribution in [0.1, 0.15) is 29.7 Å². The van der Waals surface area contributed by atoms with Gasteiger partial charge in [0.1, 0.15) is 12.1 Å². The molecule has 6 heteroatoms. The average molecular weight is 345 g/mol. The molecular formula is C18H19NO4S. The van der Waals surface area contributed by atoms with Crippen LogP contribution in [0, 0.1) is 6.92 Å². The highest BCUT2D eigenvalue weighted by molar-refractivity contribution is 7.80. The normalized spacial score (nSPS) is 20.3. The number of esters is 1. The standard InChI is InChI=1S/C18H19NO4S/c1-12-7-9-15(10-8-12)19(24(21)22)18-16-6-4-3-5-14(16)11-17(18)23-13(2)20/h3-10,17-18H,11H2,1-2H3,(H,21,22). The highest BCUT2D eigenvalue weighted by Crippen LogP contribution is 2.40. The number of anilines is 1. The molecule has 0 saturated carbocycles. The van der Waals surface area contributed by atoms with E-state index in [0.717, 1.165) is 16.7 Å². The van der Waals surface area contributed by atoms with Crippen molar-refractivity contribution in [2.24, 2.45) is 0 Å². The third kappa shape index (κ3) is 3.20. The Morgan fingerprint density at radius 1 is 1.21 bits per heavy atom. The third-order valence-corrected chi connectivity index (χ3v) is 4.95. The van der Waals surface area contributed by atoms with Crippen molar-refractivity contribution in [2.45, 2.75) is 32.4 Å². The summed E-state index contributed by atoms with van der Waals surface area (Å²) < 4.78 is 28.9. The van der Waals surface area contributed by atoms with Crippen LogP contribution in [0.4, 0.5) is 5.69 Å². The van der Waals surface area contributed by atoms with E-state index in [4.69, 9.17) is 4.74 Å². The molecule has 2 aromatic carbocycles. The van der Waals surface area contributed by atoms with E-state index in [1.54, 1.807) is 12.1 Å². The quantitative estimate of drug-likeness (QED) is 0.683. The van der Waals surface area contributed by atoms with Gasteiger partial charge in [-0.1, -0.05) is 42.0 Å². The summed E-state index contributed by atoms with van der Waals surface area (Å²) in [5.74, 6) is -0.398. The van der Waals surface area contributed by atoms with Gasteiger partial charge in [-0.3, -0.25) is 13.7 Å². The zero-order valence-corrected chi connectivity index (χ0v) is 14.3. The van der Waals surface area contributed by atoms with Crippen molar-refractivity contribution in [3.63, 3.8) is 0 Å². The molecule has 126 valence electrons. The molecule has 3 rings (SSSR count). The van der Waals surface area contributed by atoms with Gasteiger partial charge in [0.25, 0.3) is 11.3 Å². The summed E-state index contributed by atoms with van der Waals surface area (Å²) in [6.45, 7) is 3.31. The van der Waals surface area contributed by atoms with Crippen molar-refractivity contribution in [2.75, 3.05) is 4.31 Å². The molecule has 0 spiro atoms. The van der Waals surface area contributed by atoms with E-state index in [1.807, 2.05) is 43.3 Å². The molecule has 0 aromatic heterocycles. The van der Waals surface area contributed by atoms with Crippen molar-refractivity contribution in [3.8, 4) is 0 Å². The maximum Gasteiger partial charge on any atom is 0.303 e. The molecular weight excluding hydrogens is 326 g/mol. The minimum atomic E-state index is -2.25. The summed E-state index contributed by atoms with van der Waals surface area (Å²) in [6, 6.07) is 14.5. The Morgan fingerprint density at radius 2 is 1.88 bits per heavy atom. The first kappa shape index (κ1) is 16.7. The topological polar surface area (TPSA) is 66.8 Å². The monoisotopic (exact) mass is 345 g/mol. The van der Waals surface area contributed by atoms with Crippen LogP contribution in [-0.4, -0.2) is 20.8 Å². The van der Waals surface area contributed by atoms with Crippen LogP contribution in [-0.2, 0) is 27.2 Å². The molecule has 3 unspecified atom stereocenters. The van der Waals surface area contributed by atoms with Gasteiger partial charge in [0.2, 0.25) is 0 Å². The summed E-state index contributed by atoms with van der Waals surface area (Å²) in [4.78, 5) is 11.5. The molecule has 0 saturated heterocycles. The van der Waals surface area contributed by atoms with Gasteiger partial charge in [-0.05, 0) is 30.2 Å². The van der Waals surface area contributed by atoms with Crippen LogP contribution in [0.5, 0.6) is 0 Å². The lowest BCUT2D eigenvalue weighted by Gasteiger charge is -2.31. The van der Waals surface area contributed by atoms with Gasteiger partial charge < -0.3 is 4.74 Å². The second-order valence-corrected chi connectivity index (χ2v) is 6.74. The van der Waals surface area contributed by atoms with E-state index in [2.05, 4.69) is 0 Å². The number of ether oxygens (including phenoxy) is 1. The maximum atomic E-state index is 12.1. The number of fused-ring (bicyclic) bond motifs is 1. The number of carbonyl (C=O) groups excluding carboxylic acids is 1. The fourth-order valence-corrected chi connectivity index (χ4v) is 3.92. The van der Waals surface area contributed by atoms with Gasteiger partial charge in [0.15, 0.2) is 0 Å². The average Bonchev–Trinajstić information content (AvgIpc) is 2.87. The Morgan fingerprint density at radius 3 is 2.50 bits per heavy atom. The van der Waals surface area contributed by atoms with Crippen LogP contribution in [0.25, 0.3) is 0 Å². The number of carbonyl (C=O) groups is 1. The SMILES string of the molecule is CC(=O)OC1Cc2ccccc2C1N(c1ccc(C)cc1)S(=O)O. The molecule has 0 amide bonds. The molecule has 1 aliphatic rings. The summed E-state index contributed by atoms with van der Waals surface area (Å²) in [6.07, 6.45) is 0.0253. The Kier molecular flexibility index (Phi) is 4.69. The summed E-state index contributed by atoms with van der Waals surface area (Å²) >= 11 is -2.25. The van der Waals surface area contributed by atoms with Crippen LogP contribution in [0.3, 0.4) is 0 Å². The third-order valence-electron chi connectivity index (χ3n) is 4.17. The summed E-state index contributed by atoms with van der Waals surface area (Å²) in [5.41, 5.74) is 3.61. The highest BCUT2D eigenvalue weighted by atomic mass is 32.2. The van der Waals surface area contributed by atoms with E-state index in [0.29, 0.717) is 12.1 Å². The Balaban J connectivity index is 2.07. The number of aryl methyl sites for hydroxylation is 1. The number of benzene rings is 2. The summed E-state index contributed by atoms with van der Waals surface area (Å²) in [5, 5.41) is 0. The van der Waals surface area contributed by atoms with E-state index >= 15 is 0 Å². The zero-order valence-electron chi connectivity index (χ0n) is 13.5. The maximum absolute atomic E-state index is 12.1. The van der Waals surface area contributed by atoms with Crippen molar-refractivity contribution >= 4 is 22.9 Å². The number of nitrogens with zero attached hydrogens (tertiary/aromatic N) is 1. The Bertz CT molecular complexity index is 775. The highest BCUT2D eigenvalue weighted by Gasteiger charge is 2.41. The minimum Gasteiger partial charge on any atom is -0.460 e. The summed E-state index contributed by atoms with van der Waals surface area (Å²) in [7, 11) is 0. The van der Waals surface area contributed by atoms with E-state index in [1.165, 1.54) is 11.2 Å². The van der Waals surface area contributed by atoms with Crippen molar-refractivity contribution < 1.29 is 18.3 Å². The van der Waals surface area contributed by atoms with Crippen LogP contribution in [0.2, 0.25) is 0 Å². The number of rotatable bonds is 4. The lowest BCUT2D eigenvalue weighted by molar-refractivity contribution is -0.146. The fraction of sp³-hybridized carbons (Fsp3) is 0.278. The number of hydrogen-bond acceptors (Lipinski definition) is 3. The first-order valence-electron chi connectivity index (χ1n) is 7.69. The van der Waals surface area contributed by atoms with Gasteiger partial charge in [-0.25, -0.2) is 4.21 Å². The molecule has 1 N–H and O–H groups in total. The molecule has 0 fully saturated rings. The molecule has 1 aliphatic carbocycles. The molecule has 5 nitrogen and oxygen atoms in total. The Labute approximate surface area is 143 Å². The van der Waals surface area contributed by atoms with Gasteiger partial charge in [0, 0.05) is 13.3 Å². The van der Waals surface area contributed by atoms with Crippen LogP contribution >= 0.6 is 0 Å². The fourth-order valence-electron chi connectivity index (χ4n) is 3.17. The smallest absolute Gasteiger partial charge is 0.303 e. The van der Waals surface area contributed by atoms with Crippen molar-refractivity contribution in [1.29, 1.82) is 0 Å². The second-order valence-electron chi connectivity index (χ2n) is 5.89. The number of hydrogen-bond donors (Lipinski definition) is 1. The largest absolute Gasteiger partial charge is 0.460 e. The molecule has 3 atom stereocenters. The molecule has 0 radical (unpaired) electrons. The predicted molar refractivity (Wildman–Crippen MR) is 92.9 cm³/mol. The molecule has 0 heterocycles. The van der Waals surface area contributed by atoms with E-state index < -0.39 is 29.4 Å². The van der Waals surface area contributed by atoms with Gasteiger partial charge in [-0.15, -0.1) is 0 Å². The lowest BCUT2D eigenvalue weighted by Crippen LogP contribution is -2.37. The van der Waals surface area contributed by atoms with E-state index in [-0.39, 0.29) is 0 Å². The molecule has 2 aromatic rings. The zero-order chi connectivity index (χ0) is 17.3. The van der Waals surface area contributed by atoms with E-state index in [9.17, 15) is 13.6 Å². The van der Waals surface area contributed by atoms with Crippen molar-refractivity contribution in [1.82, 2.24) is 0 Å². The first-order chi connectivity index (χ1) is 11.5. The van der Waals surface area contributed by atoms with Crippen LogP contribution in [0.15, 0.2) is 48.5 Å². The Hall–Kier alpha value is -2.18. The molecule has 24 heavy (non-hydrogen) atoms.